The highest BCUT2D eigenvalue weighted by molar-refractivity contribution is 7.98. The summed E-state index contributed by atoms with van der Waals surface area (Å²) in [5.41, 5.74) is 2.08. The Morgan fingerprint density at radius 2 is 2.09 bits per heavy atom. The maximum Gasteiger partial charge on any atom is 0.244 e. The summed E-state index contributed by atoms with van der Waals surface area (Å²) in [7, 11) is 0. The first-order valence-electron chi connectivity index (χ1n) is 7.62. The first-order chi connectivity index (χ1) is 11.1. The van der Waals surface area contributed by atoms with Gasteiger partial charge in [0.05, 0.1) is 10.7 Å². The van der Waals surface area contributed by atoms with Crippen LogP contribution in [-0.2, 0) is 11.2 Å². The molecule has 0 radical (unpaired) electrons. The maximum absolute atomic E-state index is 11.8. The van der Waals surface area contributed by atoms with Crippen LogP contribution in [0.2, 0.25) is 0 Å². The minimum atomic E-state index is -0.0711. The van der Waals surface area contributed by atoms with Gasteiger partial charge in [-0.1, -0.05) is 26.0 Å². The summed E-state index contributed by atoms with van der Waals surface area (Å²) in [6.45, 7) is 4.89. The van der Waals surface area contributed by atoms with E-state index < -0.39 is 0 Å². The molecule has 1 amide bonds. The molecule has 1 aromatic heterocycles. The number of carbonyl (C=O) groups excluding carboxylic acids is 1. The Hall–Kier alpha value is -1.59. The first-order valence-corrected chi connectivity index (χ1v) is 9.73. The van der Waals surface area contributed by atoms with Gasteiger partial charge in [0, 0.05) is 35.2 Å². The quantitative estimate of drug-likeness (QED) is 0.598. The molecule has 0 aliphatic heterocycles. The van der Waals surface area contributed by atoms with Crippen molar-refractivity contribution in [3.63, 3.8) is 0 Å². The minimum Gasteiger partial charge on any atom is -0.352 e. The number of hydrogen-bond acceptors (Lipinski definition) is 4. The van der Waals surface area contributed by atoms with E-state index in [1.54, 1.807) is 29.2 Å². The van der Waals surface area contributed by atoms with E-state index in [1.807, 2.05) is 24.5 Å². The van der Waals surface area contributed by atoms with Gasteiger partial charge in [0.1, 0.15) is 0 Å². The lowest BCUT2D eigenvalue weighted by Crippen LogP contribution is -2.23. The largest absolute Gasteiger partial charge is 0.352 e. The number of amides is 1. The number of nitrogens with one attached hydrogen (secondary N) is 1. The smallest absolute Gasteiger partial charge is 0.244 e. The van der Waals surface area contributed by atoms with Gasteiger partial charge in [-0.2, -0.15) is 0 Å². The molecular formula is C18H22N2OS2. The molecule has 0 aliphatic carbocycles. The van der Waals surface area contributed by atoms with Crippen molar-refractivity contribution in [3.8, 4) is 0 Å². The summed E-state index contributed by atoms with van der Waals surface area (Å²) in [5.74, 6) is 0.391. The number of nitrogens with zero attached hydrogens (tertiary/aromatic N) is 1. The molecule has 0 saturated carbocycles. The van der Waals surface area contributed by atoms with Crippen molar-refractivity contribution in [2.45, 2.75) is 31.1 Å². The normalized spacial score (nSPS) is 11.3. The second-order valence-electron chi connectivity index (χ2n) is 5.48. The van der Waals surface area contributed by atoms with Crippen LogP contribution in [0.4, 0.5) is 0 Å². The van der Waals surface area contributed by atoms with Gasteiger partial charge in [-0.15, -0.1) is 23.1 Å². The van der Waals surface area contributed by atoms with E-state index in [0.717, 1.165) is 22.7 Å². The fourth-order valence-electron chi connectivity index (χ4n) is 1.96. The predicted octanol–water partition coefficient (Wildman–Crippen LogP) is 4.36. The van der Waals surface area contributed by atoms with Crippen LogP contribution in [0.3, 0.4) is 0 Å². The summed E-state index contributed by atoms with van der Waals surface area (Å²) in [6.07, 6.45) is 6.23. The van der Waals surface area contributed by atoms with Gasteiger partial charge >= 0.3 is 0 Å². The zero-order valence-electron chi connectivity index (χ0n) is 13.7. The molecular weight excluding hydrogens is 324 g/mol. The summed E-state index contributed by atoms with van der Waals surface area (Å²) >= 11 is 3.39. The van der Waals surface area contributed by atoms with Crippen LogP contribution in [0.5, 0.6) is 0 Å². The summed E-state index contributed by atoms with van der Waals surface area (Å²) < 4.78 is 0. The van der Waals surface area contributed by atoms with Crippen molar-refractivity contribution in [2.24, 2.45) is 0 Å². The van der Waals surface area contributed by atoms with Crippen molar-refractivity contribution >= 4 is 35.1 Å². The number of hydrogen-bond donors (Lipinski definition) is 1. The van der Waals surface area contributed by atoms with E-state index in [4.69, 9.17) is 0 Å². The topological polar surface area (TPSA) is 42.0 Å². The van der Waals surface area contributed by atoms with Gasteiger partial charge in [-0.05, 0) is 30.0 Å². The molecule has 1 N–H and O–H groups in total. The number of rotatable bonds is 7. The Morgan fingerprint density at radius 1 is 1.35 bits per heavy atom. The highest BCUT2D eigenvalue weighted by atomic mass is 32.2. The third kappa shape index (κ3) is 5.84. The Labute approximate surface area is 146 Å². The second kappa shape index (κ2) is 8.89. The summed E-state index contributed by atoms with van der Waals surface area (Å²) in [5, 5.41) is 6.12. The van der Waals surface area contributed by atoms with E-state index in [9.17, 15) is 4.79 Å². The van der Waals surface area contributed by atoms with Crippen molar-refractivity contribution in [1.82, 2.24) is 10.3 Å². The van der Waals surface area contributed by atoms with Crippen LogP contribution in [-0.4, -0.2) is 23.7 Å². The lowest BCUT2D eigenvalue weighted by Gasteiger charge is -2.01. The predicted molar refractivity (Wildman–Crippen MR) is 100 cm³/mol. The highest BCUT2D eigenvalue weighted by Gasteiger charge is 2.05. The molecule has 122 valence electrons. The Morgan fingerprint density at radius 3 is 2.70 bits per heavy atom. The summed E-state index contributed by atoms with van der Waals surface area (Å²) in [6, 6.07) is 8.13. The molecule has 0 unspecified atom stereocenters. The van der Waals surface area contributed by atoms with Crippen molar-refractivity contribution in [3.05, 3.63) is 52.0 Å². The Bertz CT molecular complexity index is 660. The number of carbonyl (C=O) groups is 1. The van der Waals surface area contributed by atoms with Crippen LogP contribution in [0.15, 0.2) is 40.6 Å². The van der Waals surface area contributed by atoms with Gasteiger partial charge in [0.2, 0.25) is 5.91 Å². The maximum atomic E-state index is 11.8. The van der Waals surface area contributed by atoms with E-state index in [-0.39, 0.29) is 5.91 Å². The molecule has 0 fully saturated rings. The molecule has 2 aromatic rings. The van der Waals surface area contributed by atoms with Gasteiger partial charge < -0.3 is 5.32 Å². The molecule has 0 atom stereocenters. The average molecular weight is 347 g/mol. The molecule has 0 spiro atoms. The number of thiazole rings is 1. The monoisotopic (exact) mass is 346 g/mol. The third-order valence-electron chi connectivity index (χ3n) is 3.29. The molecule has 0 saturated heterocycles. The molecule has 1 heterocycles. The Balaban J connectivity index is 1.76. The highest BCUT2D eigenvalue weighted by Crippen LogP contribution is 2.19. The third-order valence-corrected chi connectivity index (χ3v) is 5.22. The average Bonchev–Trinajstić information content (AvgIpc) is 3.02. The fourth-order valence-corrected chi connectivity index (χ4v) is 3.24. The fraction of sp³-hybridized carbons (Fsp3) is 0.333. The van der Waals surface area contributed by atoms with Gasteiger partial charge in [0.25, 0.3) is 0 Å². The van der Waals surface area contributed by atoms with Crippen molar-refractivity contribution in [2.75, 3.05) is 12.8 Å². The SMILES string of the molecule is CSc1ccc(/C=C/C(=O)NCCc2csc(C(C)C)n2)cc1. The van der Waals surface area contributed by atoms with E-state index in [2.05, 4.69) is 41.7 Å². The molecule has 3 nitrogen and oxygen atoms in total. The molecule has 0 bridgehead atoms. The van der Waals surface area contributed by atoms with Crippen LogP contribution < -0.4 is 5.32 Å². The van der Waals surface area contributed by atoms with Crippen LogP contribution in [0, 0.1) is 0 Å². The lowest BCUT2D eigenvalue weighted by molar-refractivity contribution is -0.116. The first kappa shape index (κ1) is 17.8. The van der Waals surface area contributed by atoms with Gasteiger partial charge in [0.15, 0.2) is 0 Å². The van der Waals surface area contributed by atoms with Gasteiger partial charge in [-0.25, -0.2) is 4.98 Å². The van der Waals surface area contributed by atoms with Crippen LogP contribution in [0.25, 0.3) is 6.08 Å². The molecule has 5 heteroatoms. The standard InChI is InChI=1S/C18H22N2OS2/c1-13(2)18-20-15(12-23-18)10-11-19-17(21)9-6-14-4-7-16(22-3)8-5-14/h4-9,12-13H,10-11H2,1-3H3,(H,19,21)/b9-6+. The minimum absolute atomic E-state index is 0.0711. The van der Waals surface area contributed by atoms with Crippen molar-refractivity contribution < 1.29 is 4.79 Å². The molecule has 1 aromatic carbocycles. The molecule has 2 rings (SSSR count). The zero-order chi connectivity index (χ0) is 16.7. The van der Waals surface area contributed by atoms with Crippen LogP contribution >= 0.6 is 23.1 Å². The second-order valence-corrected chi connectivity index (χ2v) is 7.25. The Kier molecular flexibility index (Phi) is 6.86. The number of benzene rings is 1. The van der Waals surface area contributed by atoms with E-state index in [0.29, 0.717) is 12.5 Å². The van der Waals surface area contributed by atoms with E-state index >= 15 is 0 Å². The van der Waals surface area contributed by atoms with E-state index in [1.165, 1.54) is 4.90 Å². The molecule has 0 aliphatic rings. The number of aromatic nitrogens is 1. The zero-order valence-corrected chi connectivity index (χ0v) is 15.3. The number of thioether (sulfide) groups is 1. The summed E-state index contributed by atoms with van der Waals surface area (Å²) in [4.78, 5) is 17.6. The van der Waals surface area contributed by atoms with Crippen LogP contribution in [0.1, 0.15) is 36.0 Å². The lowest BCUT2D eigenvalue weighted by atomic mass is 10.2. The van der Waals surface area contributed by atoms with Crippen molar-refractivity contribution in [1.29, 1.82) is 0 Å². The molecule has 23 heavy (non-hydrogen) atoms. The van der Waals surface area contributed by atoms with Gasteiger partial charge in [-0.3, -0.25) is 4.79 Å².